The fourth-order valence-corrected chi connectivity index (χ4v) is 1.93. The Balaban J connectivity index is 2.65. The van der Waals surface area contributed by atoms with Gasteiger partial charge in [-0.05, 0) is 0 Å². The van der Waals surface area contributed by atoms with E-state index >= 15 is 0 Å². The Hall–Kier alpha value is -0.497. The van der Waals surface area contributed by atoms with Crippen molar-refractivity contribution in [3.05, 3.63) is 40.8 Å². The van der Waals surface area contributed by atoms with Crippen LogP contribution in [0.25, 0.3) is 6.08 Å². The van der Waals surface area contributed by atoms with Crippen molar-refractivity contribution in [1.29, 1.82) is 0 Å². The van der Waals surface area contributed by atoms with Crippen molar-refractivity contribution in [1.82, 2.24) is 0 Å². The van der Waals surface area contributed by atoms with Gasteiger partial charge in [0.15, 0.2) is 0 Å². The summed E-state index contributed by atoms with van der Waals surface area (Å²) in [6.07, 6.45) is 2.23. The first-order valence-corrected chi connectivity index (χ1v) is 9.23. The second-order valence-corrected chi connectivity index (χ2v) is 8.04. The van der Waals surface area contributed by atoms with E-state index in [0.717, 1.165) is 0 Å². The minimum absolute atomic E-state index is 0.752. The molecule has 1 aromatic rings. The quantitative estimate of drug-likeness (QED) is 0.652. The van der Waals surface area contributed by atoms with E-state index in [9.17, 15) is 0 Å². The van der Waals surface area contributed by atoms with Gasteiger partial charge in [-0.2, -0.15) is 0 Å². The predicted molar refractivity (Wildman–Crippen MR) is 53.0 cm³/mol. The fourth-order valence-electron chi connectivity index (χ4n) is 0.827. The molecule has 0 bridgehead atoms. The van der Waals surface area contributed by atoms with Crippen molar-refractivity contribution in [3.8, 4) is 0 Å². The Morgan fingerprint density at radius 2 is 1.73 bits per heavy atom. The van der Waals surface area contributed by atoms with Gasteiger partial charge in [0.2, 0.25) is 0 Å². The van der Waals surface area contributed by atoms with E-state index in [0.29, 0.717) is 0 Å². The van der Waals surface area contributed by atoms with Gasteiger partial charge in [-0.15, -0.1) is 0 Å². The second-order valence-electron chi connectivity index (χ2n) is 2.82. The van der Waals surface area contributed by atoms with Gasteiger partial charge in [-0.25, -0.2) is 0 Å². The molecule has 0 N–H and O–H groups in total. The second kappa shape index (κ2) is 4.40. The minimum atomic E-state index is -0.752. The van der Waals surface area contributed by atoms with Crippen LogP contribution in [0.1, 0.15) is 5.56 Å². The van der Waals surface area contributed by atoms with E-state index in [1.54, 1.807) is 0 Å². The van der Waals surface area contributed by atoms with E-state index in [-0.39, 0.29) is 0 Å². The summed E-state index contributed by atoms with van der Waals surface area (Å²) in [6.45, 7) is 0. The van der Waals surface area contributed by atoms with Crippen LogP contribution in [0.4, 0.5) is 0 Å². The van der Waals surface area contributed by atoms with Gasteiger partial charge < -0.3 is 0 Å². The maximum absolute atomic E-state index is 2.37. The Labute approximate surface area is 73.1 Å². The van der Waals surface area contributed by atoms with Crippen LogP contribution in [0.15, 0.2) is 35.2 Å². The zero-order chi connectivity index (χ0) is 8.10. The van der Waals surface area contributed by atoms with E-state index < -0.39 is 14.3 Å². The first-order valence-electron chi connectivity index (χ1n) is 3.82. The molecule has 0 heterocycles. The topological polar surface area (TPSA) is 0 Å². The summed E-state index contributed by atoms with van der Waals surface area (Å²) in [7, 11) is 0. The van der Waals surface area contributed by atoms with Crippen LogP contribution in [-0.4, -0.2) is 14.3 Å². The molecule has 1 rings (SSSR count). The Morgan fingerprint density at radius 3 is 2.27 bits per heavy atom. The van der Waals surface area contributed by atoms with Gasteiger partial charge in [0.05, 0.1) is 0 Å². The van der Waals surface area contributed by atoms with Crippen molar-refractivity contribution in [2.24, 2.45) is 0 Å². The molecule has 1 radical (unpaired) electrons. The molecule has 11 heavy (non-hydrogen) atoms. The van der Waals surface area contributed by atoms with E-state index in [1.807, 2.05) is 6.07 Å². The van der Waals surface area contributed by atoms with Crippen molar-refractivity contribution >= 4 is 20.4 Å². The number of benzene rings is 1. The van der Waals surface area contributed by atoms with E-state index in [4.69, 9.17) is 0 Å². The van der Waals surface area contributed by atoms with Crippen LogP contribution in [-0.2, 0) is 0 Å². The molecule has 0 amide bonds. The van der Waals surface area contributed by atoms with Crippen LogP contribution in [0, 0.1) is 0 Å². The van der Waals surface area contributed by atoms with E-state index in [2.05, 4.69) is 46.8 Å². The van der Waals surface area contributed by atoms with Crippen LogP contribution in [0.5, 0.6) is 0 Å². The van der Waals surface area contributed by atoms with E-state index in [1.165, 1.54) is 5.56 Å². The third-order valence-electron chi connectivity index (χ3n) is 1.41. The van der Waals surface area contributed by atoms with Gasteiger partial charge in [-0.3, -0.25) is 0 Å². The Morgan fingerprint density at radius 1 is 1.09 bits per heavy atom. The van der Waals surface area contributed by atoms with Crippen molar-refractivity contribution < 1.29 is 0 Å². The monoisotopic (exact) mass is 207 g/mol. The molecule has 1 aromatic carbocycles. The standard InChI is InChI=1S/C10H13Ge/c1-11(2)9-8-10-6-4-3-5-7-10/h3-9H,1-2H3/b9-8+. The summed E-state index contributed by atoms with van der Waals surface area (Å²) in [5.41, 5.74) is 1.32. The molecule has 0 aliphatic carbocycles. The molecule has 0 aliphatic heterocycles. The van der Waals surface area contributed by atoms with Crippen LogP contribution in [0.2, 0.25) is 11.5 Å². The molecule has 1 heteroatoms. The number of rotatable bonds is 2. The van der Waals surface area contributed by atoms with Crippen molar-refractivity contribution in [2.75, 3.05) is 0 Å². The predicted octanol–water partition coefficient (Wildman–Crippen LogP) is 2.99. The molecule has 0 atom stereocenters. The first kappa shape index (κ1) is 8.60. The normalized spacial score (nSPS) is 11.2. The molecule has 0 nitrogen and oxygen atoms in total. The average Bonchev–Trinajstić information content (AvgIpc) is 2.03. The van der Waals surface area contributed by atoms with Crippen molar-refractivity contribution in [2.45, 2.75) is 11.5 Å². The van der Waals surface area contributed by atoms with Gasteiger partial charge in [0.25, 0.3) is 0 Å². The third kappa shape index (κ3) is 3.42. The summed E-state index contributed by atoms with van der Waals surface area (Å²) < 4.78 is 0. The third-order valence-corrected chi connectivity index (χ3v) is 3.16. The molecule has 0 unspecified atom stereocenters. The number of hydrogen-bond donors (Lipinski definition) is 0. The summed E-state index contributed by atoms with van der Waals surface area (Å²) in [4.78, 5) is 2.37. The molecule has 0 fully saturated rings. The van der Waals surface area contributed by atoms with Gasteiger partial charge in [0.1, 0.15) is 0 Å². The summed E-state index contributed by atoms with van der Waals surface area (Å²) >= 11 is -0.752. The molecule has 0 saturated carbocycles. The Bertz CT molecular complexity index is 224. The SMILES string of the molecule is [CH3][Ge]([CH3])/[CH]=C/c1ccccc1. The molecule has 57 valence electrons. The van der Waals surface area contributed by atoms with Crippen molar-refractivity contribution in [3.63, 3.8) is 0 Å². The summed E-state index contributed by atoms with van der Waals surface area (Å²) in [6, 6.07) is 10.5. The van der Waals surface area contributed by atoms with Crippen LogP contribution >= 0.6 is 0 Å². The molecule has 0 aliphatic rings. The fraction of sp³-hybridized carbons (Fsp3) is 0.200. The van der Waals surface area contributed by atoms with Gasteiger partial charge in [-0.1, -0.05) is 0 Å². The van der Waals surface area contributed by atoms with Crippen LogP contribution in [0.3, 0.4) is 0 Å². The molecular weight excluding hydrogens is 193 g/mol. The molecule has 0 spiro atoms. The molecular formula is C10H13Ge. The zero-order valence-electron chi connectivity index (χ0n) is 7.04. The average molecular weight is 206 g/mol. The maximum atomic E-state index is 2.37. The van der Waals surface area contributed by atoms with Gasteiger partial charge >= 0.3 is 72.7 Å². The first-order chi connectivity index (χ1) is 5.29. The number of hydrogen-bond acceptors (Lipinski definition) is 0. The molecule has 0 aromatic heterocycles. The van der Waals surface area contributed by atoms with Crippen LogP contribution < -0.4 is 0 Å². The Kier molecular flexibility index (Phi) is 3.44. The summed E-state index contributed by atoms with van der Waals surface area (Å²) in [5.74, 6) is 4.69. The zero-order valence-corrected chi connectivity index (χ0v) is 9.14. The van der Waals surface area contributed by atoms with Gasteiger partial charge in [0, 0.05) is 0 Å². The summed E-state index contributed by atoms with van der Waals surface area (Å²) in [5, 5.41) is 0. The molecule has 0 saturated heterocycles.